The molecule has 164 valence electrons. The molecule has 2 atom stereocenters. The molecule has 0 heterocycles. The average molecular weight is 445 g/mol. The maximum absolute atomic E-state index is 11.5. The molecule has 0 radical (unpaired) electrons. The molecule has 0 spiro atoms. The number of hydrogen-bond donors (Lipinski definition) is 1. The molecule has 0 saturated heterocycles. The van der Waals surface area contributed by atoms with Crippen molar-refractivity contribution in [3.63, 3.8) is 0 Å². The molecule has 0 aliphatic rings. The van der Waals surface area contributed by atoms with E-state index in [-0.39, 0.29) is 57.8 Å². The van der Waals surface area contributed by atoms with Crippen molar-refractivity contribution in [1.82, 2.24) is 0 Å². The van der Waals surface area contributed by atoms with Gasteiger partial charge in [0.05, 0.1) is 21.5 Å². The van der Waals surface area contributed by atoms with Crippen LogP contribution in [0.2, 0.25) is 0 Å². The van der Waals surface area contributed by atoms with Crippen molar-refractivity contribution in [3.05, 3.63) is 0 Å². The Morgan fingerprint density at radius 2 is 1.04 bits per heavy atom. The zero-order valence-corrected chi connectivity index (χ0v) is 22.9. The standard InChI is InChI=1S/C22H46O4S.K/c1-3-5-7-9-11-13-15-17-19-22(27(24,25)26)20-21(23)18-16-14-12-10-8-6-4-2;/h21-23H,3-20H2,1-2H3,(H,24,25,26);/q;+1/p-1. The molecular formula is C22H45KO4S. The summed E-state index contributed by atoms with van der Waals surface area (Å²) in [6.45, 7) is 4.40. The molecule has 0 fully saturated rings. The van der Waals surface area contributed by atoms with Crippen molar-refractivity contribution in [3.8, 4) is 0 Å². The fraction of sp³-hybridized carbons (Fsp3) is 1.00. The van der Waals surface area contributed by atoms with Crippen LogP contribution in [0.5, 0.6) is 0 Å². The molecule has 0 rings (SSSR count). The quantitative estimate of drug-likeness (QED) is 0.177. The van der Waals surface area contributed by atoms with Crippen molar-refractivity contribution in [2.24, 2.45) is 0 Å². The molecule has 0 aliphatic carbocycles. The monoisotopic (exact) mass is 444 g/mol. The number of hydrogen-bond acceptors (Lipinski definition) is 4. The molecule has 0 saturated carbocycles. The van der Waals surface area contributed by atoms with Crippen LogP contribution in [-0.4, -0.2) is 29.4 Å². The Balaban J connectivity index is 0. The first kappa shape index (κ1) is 31.7. The van der Waals surface area contributed by atoms with Crippen molar-refractivity contribution in [1.29, 1.82) is 0 Å². The van der Waals surface area contributed by atoms with Crippen LogP contribution < -0.4 is 51.4 Å². The Kier molecular flexibility index (Phi) is 24.6. The molecule has 28 heavy (non-hydrogen) atoms. The maximum Gasteiger partial charge on any atom is 1.00 e. The first-order valence-electron chi connectivity index (χ1n) is 11.5. The van der Waals surface area contributed by atoms with Crippen molar-refractivity contribution >= 4 is 10.1 Å². The molecule has 6 heteroatoms. The van der Waals surface area contributed by atoms with E-state index in [0.29, 0.717) is 12.8 Å². The summed E-state index contributed by atoms with van der Waals surface area (Å²) in [5.41, 5.74) is 0. The van der Waals surface area contributed by atoms with E-state index in [9.17, 15) is 18.1 Å². The fourth-order valence-corrected chi connectivity index (χ4v) is 4.56. The minimum absolute atomic E-state index is 0. The van der Waals surface area contributed by atoms with E-state index in [4.69, 9.17) is 0 Å². The molecular weight excluding hydrogens is 399 g/mol. The minimum atomic E-state index is -4.32. The van der Waals surface area contributed by atoms with Crippen LogP contribution in [0, 0.1) is 0 Å². The predicted molar refractivity (Wildman–Crippen MR) is 114 cm³/mol. The number of aliphatic hydroxyl groups is 1. The van der Waals surface area contributed by atoms with Gasteiger partial charge in [-0.05, 0) is 19.3 Å². The van der Waals surface area contributed by atoms with Gasteiger partial charge in [-0.15, -0.1) is 0 Å². The van der Waals surface area contributed by atoms with Gasteiger partial charge in [0.25, 0.3) is 0 Å². The zero-order valence-electron chi connectivity index (χ0n) is 19.0. The fourth-order valence-electron chi connectivity index (χ4n) is 3.64. The molecule has 0 aromatic carbocycles. The largest absolute Gasteiger partial charge is 1.00 e. The summed E-state index contributed by atoms with van der Waals surface area (Å²) in [6.07, 6.45) is 17.7. The SMILES string of the molecule is CCCCCCCCCCC(CC(O)CCCCCCCCC)S(=O)(=O)[O-].[K+]. The molecule has 2 unspecified atom stereocenters. The Morgan fingerprint density at radius 1 is 0.679 bits per heavy atom. The first-order valence-corrected chi connectivity index (χ1v) is 13.0. The minimum Gasteiger partial charge on any atom is -0.748 e. The summed E-state index contributed by atoms with van der Waals surface area (Å²) in [7, 11) is -4.32. The van der Waals surface area contributed by atoms with Crippen molar-refractivity contribution in [2.45, 2.75) is 141 Å². The van der Waals surface area contributed by atoms with Gasteiger partial charge in [-0.2, -0.15) is 0 Å². The van der Waals surface area contributed by atoms with Crippen LogP contribution in [0.4, 0.5) is 0 Å². The molecule has 0 bridgehead atoms. The van der Waals surface area contributed by atoms with Crippen LogP contribution >= 0.6 is 0 Å². The summed E-state index contributed by atoms with van der Waals surface area (Å²) in [5, 5.41) is 9.22. The van der Waals surface area contributed by atoms with Crippen molar-refractivity contribution in [2.75, 3.05) is 0 Å². The summed E-state index contributed by atoms with van der Waals surface area (Å²) in [5.74, 6) is 0. The van der Waals surface area contributed by atoms with E-state index in [1.165, 1.54) is 64.2 Å². The Bertz CT molecular complexity index is 415. The van der Waals surface area contributed by atoms with Crippen LogP contribution in [-0.2, 0) is 10.1 Å². The van der Waals surface area contributed by atoms with Gasteiger partial charge in [0.1, 0.15) is 0 Å². The second-order valence-corrected chi connectivity index (χ2v) is 9.83. The van der Waals surface area contributed by atoms with Gasteiger partial charge in [-0.1, -0.05) is 110 Å². The average Bonchev–Trinajstić information content (AvgIpc) is 2.61. The van der Waals surface area contributed by atoms with Gasteiger partial charge in [0.2, 0.25) is 0 Å². The first-order chi connectivity index (χ1) is 12.9. The molecule has 0 aliphatic heterocycles. The van der Waals surface area contributed by atoms with Crippen LogP contribution in [0.1, 0.15) is 129 Å². The van der Waals surface area contributed by atoms with Gasteiger partial charge in [-0.3, -0.25) is 0 Å². The van der Waals surface area contributed by atoms with E-state index >= 15 is 0 Å². The second kappa shape index (κ2) is 21.7. The van der Waals surface area contributed by atoms with Gasteiger partial charge >= 0.3 is 51.4 Å². The third-order valence-electron chi connectivity index (χ3n) is 5.46. The Hall–Kier alpha value is 1.51. The molecule has 1 N–H and O–H groups in total. The summed E-state index contributed by atoms with van der Waals surface area (Å²) < 4.78 is 34.5. The van der Waals surface area contributed by atoms with E-state index in [1.807, 2.05) is 0 Å². The second-order valence-electron chi connectivity index (χ2n) is 8.18. The van der Waals surface area contributed by atoms with E-state index in [0.717, 1.165) is 32.1 Å². The summed E-state index contributed by atoms with van der Waals surface area (Å²) in [6, 6.07) is 0. The third-order valence-corrected chi connectivity index (χ3v) is 6.71. The van der Waals surface area contributed by atoms with Gasteiger partial charge in [0.15, 0.2) is 0 Å². The zero-order chi connectivity index (χ0) is 20.4. The number of unbranched alkanes of at least 4 members (excludes halogenated alkanes) is 13. The van der Waals surface area contributed by atoms with Crippen LogP contribution in [0.25, 0.3) is 0 Å². The van der Waals surface area contributed by atoms with E-state index in [2.05, 4.69) is 13.8 Å². The van der Waals surface area contributed by atoms with Crippen LogP contribution in [0.15, 0.2) is 0 Å². The van der Waals surface area contributed by atoms with Gasteiger partial charge in [0, 0.05) is 0 Å². The van der Waals surface area contributed by atoms with E-state index < -0.39 is 21.5 Å². The summed E-state index contributed by atoms with van der Waals surface area (Å²) in [4.78, 5) is 0. The van der Waals surface area contributed by atoms with Crippen molar-refractivity contribution < 1.29 is 69.5 Å². The molecule has 4 nitrogen and oxygen atoms in total. The number of aliphatic hydroxyl groups excluding tert-OH is 1. The van der Waals surface area contributed by atoms with Crippen LogP contribution in [0.3, 0.4) is 0 Å². The third kappa shape index (κ3) is 20.8. The molecule has 0 aromatic heterocycles. The topological polar surface area (TPSA) is 77.4 Å². The molecule has 0 aromatic rings. The van der Waals surface area contributed by atoms with Gasteiger partial charge in [-0.25, -0.2) is 8.42 Å². The molecule has 0 amide bonds. The Morgan fingerprint density at radius 3 is 1.43 bits per heavy atom. The van der Waals surface area contributed by atoms with E-state index in [1.54, 1.807) is 0 Å². The van der Waals surface area contributed by atoms with Gasteiger partial charge < -0.3 is 9.66 Å². The maximum atomic E-state index is 11.5. The smallest absolute Gasteiger partial charge is 0.748 e. The Labute approximate surface area is 218 Å². The predicted octanol–water partition coefficient (Wildman–Crippen LogP) is 3.33. The normalized spacial score (nSPS) is 13.9. The summed E-state index contributed by atoms with van der Waals surface area (Å²) >= 11 is 0. The number of rotatable bonds is 20.